The van der Waals surface area contributed by atoms with Gasteiger partial charge < -0.3 is 5.11 Å². The lowest BCUT2D eigenvalue weighted by Gasteiger charge is -2.33. The molecule has 0 amide bonds. The number of benzene rings is 3. The normalized spacial score (nSPS) is 21.7. The maximum absolute atomic E-state index is 11.9. The molecule has 0 spiro atoms. The minimum absolute atomic E-state index is 0.375. The molecule has 0 radical (unpaired) electrons. The second kappa shape index (κ2) is 9.13. The molecule has 4 rings (SSSR count). The average Bonchev–Trinajstić information content (AvgIpc) is 3.14. The van der Waals surface area contributed by atoms with E-state index in [1.165, 1.54) is 54.0 Å². The maximum atomic E-state index is 11.9. The zero-order chi connectivity index (χ0) is 20.1. The van der Waals surface area contributed by atoms with Crippen LogP contribution in [0.3, 0.4) is 0 Å². The lowest BCUT2D eigenvalue weighted by molar-refractivity contribution is -0.00602. The highest BCUT2D eigenvalue weighted by Gasteiger charge is 2.43. The molecular formula is C28H34O. The summed E-state index contributed by atoms with van der Waals surface area (Å²) >= 11 is 0. The predicted octanol–water partition coefficient (Wildman–Crippen LogP) is 7.86. The van der Waals surface area contributed by atoms with Gasteiger partial charge >= 0.3 is 0 Å². The smallest absolute Gasteiger partial charge is 0.0930 e. The summed E-state index contributed by atoms with van der Waals surface area (Å²) in [5.41, 5.74) is 2.87. The van der Waals surface area contributed by atoms with Crippen molar-refractivity contribution in [2.45, 2.75) is 70.3 Å². The van der Waals surface area contributed by atoms with Crippen molar-refractivity contribution in [2.24, 2.45) is 5.92 Å². The highest BCUT2D eigenvalue weighted by atomic mass is 16.3. The van der Waals surface area contributed by atoms with Crippen molar-refractivity contribution < 1.29 is 5.11 Å². The summed E-state index contributed by atoms with van der Waals surface area (Å²) in [5, 5.41) is 14.5. The summed E-state index contributed by atoms with van der Waals surface area (Å²) in [6.07, 6.45) is 10.8. The summed E-state index contributed by atoms with van der Waals surface area (Å²) in [6.45, 7) is 2.26. The minimum atomic E-state index is -0.696. The molecular weight excluding hydrogens is 352 g/mol. The highest BCUT2D eigenvalue weighted by Crippen LogP contribution is 2.49. The summed E-state index contributed by atoms with van der Waals surface area (Å²) in [4.78, 5) is 0. The van der Waals surface area contributed by atoms with E-state index in [1.54, 1.807) is 0 Å². The Hall–Kier alpha value is -2.12. The van der Waals surface area contributed by atoms with E-state index < -0.39 is 5.60 Å². The van der Waals surface area contributed by atoms with Gasteiger partial charge in [0.15, 0.2) is 0 Å². The fourth-order valence-electron chi connectivity index (χ4n) is 5.35. The van der Waals surface area contributed by atoms with Crippen LogP contribution in [0.5, 0.6) is 0 Å². The predicted molar refractivity (Wildman–Crippen MR) is 124 cm³/mol. The first-order valence-electron chi connectivity index (χ1n) is 11.5. The van der Waals surface area contributed by atoms with E-state index in [4.69, 9.17) is 0 Å². The van der Waals surface area contributed by atoms with Crippen LogP contribution < -0.4 is 0 Å². The van der Waals surface area contributed by atoms with Crippen LogP contribution in [0.2, 0.25) is 0 Å². The van der Waals surface area contributed by atoms with Gasteiger partial charge in [-0.3, -0.25) is 0 Å². The van der Waals surface area contributed by atoms with E-state index in [0.29, 0.717) is 5.92 Å². The van der Waals surface area contributed by atoms with E-state index in [2.05, 4.69) is 73.7 Å². The molecule has 1 fully saturated rings. The lowest BCUT2D eigenvalue weighted by atomic mass is 9.77. The van der Waals surface area contributed by atoms with Gasteiger partial charge in [-0.15, -0.1) is 0 Å². The molecule has 0 heterocycles. The van der Waals surface area contributed by atoms with E-state index in [0.717, 1.165) is 31.2 Å². The standard InChI is InChI=1S/C28H34O/c1-2-3-4-5-6-15-23-16-12-21-28(23,29)27-20-10-9-18-26(27)25-19-11-14-22-13-7-8-17-24(22)25/h7-11,13-14,17-20,23,29H,2-6,12,15-16,21H2,1H3. The number of fused-ring (bicyclic) bond motifs is 1. The molecule has 1 heteroatoms. The van der Waals surface area contributed by atoms with Crippen LogP contribution in [0.25, 0.3) is 21.9 Å². The van der Waals surface area contributed by atoms with Crippen LogP contribution in [-0.2, 0) is 5.60 Å². The number of rotatable bonds is 8. The van der Waals surface area contributed by atoms with Crippen LogP contribution in [0.1, 0.15) is 70.3 Å². The van der Waals surface area contributed by atoms with Crippen molar-refractivity contribution in [1.29, 1.82) is 0 Å². The van der Waals surface area contributed by atoms with Crippen LogP contribution in [0.15, 0.2) is 66.7 Å². The molecule has 2 atom stereocenters. The van der Waals surface area contributed by atoms with Crippen molar-refractivity contribution in [3.8, 4) is 11.1 Å². The Labute approximate surface area is 175 Å². The molecule has 29 heavy (non-hydrogen) atoms. The van der Waals surface area contributed by atoms with Crippen molar-refractivity contribution in [1.82, 2.24) is 0 Å². The number of unbranched alkanes of at least 4 members (excludes halogenated alkanes) is 4. The molecule has 0 saturated heterocycles. The number of aliphatic hydroxyl groups is 1. The molecule has 2 unspecified atom stereocenters. The van der Waals surface area contributed by atoms with Gasteiger partial charge in [0, 0.05) is 0 Å². The molecule has 1 nitrogen and oxygen atoms in total. The molecule has 152 valence electrons. The molecule has 1 N–H and O–H groups in total. The van der Waals surface area contributed by atoms with Gasteiger partial charge in [-0.2, -0.15) is 0 Å². The topological polar surface area (TPSA) is 20.2 Å². The van der Waals surface area contributed by atoms with Gasteiger partial charge in [0.25, 0.3) is 0 Å². The monoisotopic (exact) mass is 386 g/mol. The SMILES string of the molecule is CCCCCCCC1CCCC1(O)c1ccccc1-c1cccc2ccccc12. The van der Waals surface area contributed by atoms with E-state index >= 15 is 0 Å². The molecule has 0 aliphatic heterocycles. The fourth-order valence-corrected chi connectivity index (χ4v) is 5.35. The average molecular weight is 387 g/mol. The van der Waals surface area contributed by atoms with Gasteiger partial charge in [-0.25, -0.2) is 0 Å². The number of hydrogen-bond acceptors (Lipinski definition) is 1. The summed E-state index contributed by atoms with van der Waals surface area (Å²) < 4.78 is 0. The quantitative estimate of drug-likeness (QED) is 0.391. The van der Waals surface area contributed by atoms with E-state index in [1.807, 2.05) is 0 Å². The zero-order valence-corrected chi connectivity index (χ0v) is 17.7. The van der Waals surface area contributed by atoms with E-state index in [-0.39, 0.29) is 0 Å². The Bertz CT molecular complexity index is 938. The largest absolute Gasteiger partial charge is 0.385 e. The first-order chi connectivity index (χ1) is 14.2. The summed E-state index contributed by atoms with van der Waals surface area (Å²) in [6, 6.07) is 23.7. The van der Waals surface area contributed by atoms with Crippen LogP contribution >= 0.6 is 0 Å². The van der Waals surface area contributed by atoms with Crippen molar-refractivity contribution in [3.05, 3.63) is 72.3 Å². The Morgan fingerprint density at radius 3 is 2.45 bits per heavy atom. The molecule has 1 saturated carbocycles. The first kappa shape index (κ1) is 20.2. The van der Waals surface area contributed by atoms with Crippen molar-refractivity contribution in [2.75, 3.05) is 0 Å². The summed E-state index contributed by atoms with van der Waals surface area (Å²) in [7, 11) is 0. The third-order valence-corrected chi connectivity index (χ3v) is 6.92. The molecule has 0 bridgehead atoms. The molecule has 1 aliphatic rings. The van der Waals surface area contributed by atoms with Gasteiger partial charge in [-0.1, -0.05) is 106 Å². The second-order valence-electron chi connectivity index (χ2n) is 8.79. The fraction of sp³-hybridized carbons (Fsp3) is 0.429. The van der Waals surface area contributed by atoms with Crippen LogP contribution in [0.4, 0.5) is 0 Å². The third kappa shape index (κ3) is 4.12. The van der Waals surface area contributed by atoms with Crippen molar-refractivity contribution >= 4 is 10.8 Å². The second-order valence-corrected chi connectivity index (χ2v) is 8.79. The molecule has 1 aliphatic carbocycles. The first-order valence-corrected chi connectivity index (χ1v) is 11.5. The summed E-state index contributed by atoms with van der Waals surface area (Å²) in [5.74, 6) is 0.375. The zero-order valence-electron chi connectivity index (χ0n) is 17.7. The third-order valence-electron chi connectivity index (χ3n) is 6.92. The maximum Gasteiger partial charge on any atom is 0.0930 e. The van der Waals surface area contributed by atoms with Gasteiger partial charge in [0.2, 0.25) is 0 Å². The molecule has 3 aromatic carbocycles. The van der Waals surface area contributed by atoms with Gasteiger partial charge in [0.1, 0.15) is 0 Å². The van der Waals surface area contributed by atoms with Crippen molar-refractivity contribution in [3.63, 3.8) is 0 Å². The van der Waals surface area contributed by atoms with Gasteiger partial charge in [-0.05, 0) is 59.1 Å². The highest BCUT2D eigenvalue weighted by molar-refractivity contribution is 5.97. The minimum Gasteiger partial charge on any atom is -0.385 e. The van der Waals surface area contributed by atoms with Crippen LogP contribution in [0, 0.1) is 5.92 Å². The van der Waals surface area contributed by atoms with E-state index in [9.17, 15) is 5.11 Å². The number of hydrogen-bond donors (Lipinski definition) is 1. The Kier molecular flexibility index (Phi) is 6.35. The van der Waals surface area contributed by atoms with Gasteiger partial charge in [0.05, 0.1) is 5.60 Å². The molecule has 3 aromatic rings. The Balaban J connectivity index is 1.67. The molecule has 0 aromatic heterocycles. The Morgan fingerprint density at radius 1 is 0.828 bits per heavy atom. The lowest BCUT2D eigenvalue weighted by Crippen LogP contribution is -2.31. The Morgan fingerprint density at radius 2 is 1.55 bits per heavy atom. The van der Waals surface area contributed by atoms with Crippen LogP contribution in [-0.4, -0.2) is 5.11 Å².